The SMILES string of the molecule is CC/C=C\C/C=C\C/C=C\C/C=C\C/C=C\CCCCCC(=O)OCC(COCCCCCCCC/C=C\CCCC)OC(=O)CCCCCCCCC/C=C\C/C=C\CCCCC. The summed E-state index contributed by atoms with van der Waals surface area (Å²) < 4.78 is 17.4. The van der Waals surface area contributed by atoms with Gasteiger partial charge in [-0.2, -0.15) is 0 Å². The van der Waals surface area contributed by atoms with E-state index in [1.54, 1.807) is 0 Å². The zero-order chi connectivity index (χ0) is 46.3. The summed E-state index contributed by atoms with van der Waals surface area (Å²) in [4.78, 5) is 25.4. The van der Waals surface area contributed by atoms with Gasteiger partial charge >= 0.3 is 11.9 Å². The highest BCUT2D eigenvalue weighted by molar-refractivity contribution is 5.70. The van der Waals surface area contributed by atoms with Crippen molar-refractivity contribution in [3.05, 3.63) is 97.2 Å². The van der Waals surface area contributed by atoms with Crippen molar-refractivity contribution in [1.29, 1.82) is 0 Å². The van der Waals surface area contributed by atoms with Crippen LogP contribution in [0.5, 0.6) is 0 Å². The molecule has 0 saturated heterocycles. The summed E-state index contributed by atoms with van der Waals surface area (Å²) in [7, 11) is 0. The predicted octanol–water partition coefficient (Wildman–Crippen LogP) is 18.2. The van der Waals surface area contributed by atoms with Crippen molar-refractivity contribution >= 4 is 11.9 Å². The van der Waals surface area contributed by atoms with Gasteiger partial charge in [0.05, 0.1) is 6.61 Å². The van der Waals surface area contributed by atoms with Crippen LogP contribution in [0.25, 0.3) is 0 Å². The summed E-state index contributed by atoms with van der Waals surface area (Å²) in [5, 5.41) is 0. The second kappa shape index (κ2) is 54.2. The third kappa shape index (κ3) is 51.5. The molecule has 0 heterocycles. The summed E-state index contributed by atoms with van der Waals surface area (Å²) in [6.07, 6.45) is 72.7. The number of carbonyl (C=O) groups is 2. The number of ether oxygens (including phenoxy) is 3. The molecule has 0 fully saturated rings. The van der Waals surface area contributed by atoms with E-state index in [-0.39, 0.29) is 25.2 Å². The van der Waals surface area contributed by atoms with Gasteiger partial charge in [-0.3, -0.25) is 9.59 Å². The Morgan fingerprint density at radius 2 is 0.719 bits per heavy atom. The van der Waals surface area contributed by atoms with Gasteiger partial charge in [-0.15, -0.1) is 0 Å². The molecule has 366 valence electrons. The third-order valence-electron chi connectivity index (χ3n) is 11.1. The molecular formula is C59H100O5. The van der Waals surface area contributed by atoms with E-state index in [1.807, 2.05) is 0 Å². The molecule has 0 radical (unpaired) electrons. The van der Waals surface area contributed by atoms with Crippen molar-refractivity contribution in [2.75, 3.05) is 19.8 Å². The molecule has 5 nitrogen and oxygen atoms in total. The van der Waals surface area contributed by atoms with Crippen molar-refractivity contribution in [2.45, 2.75) is 245 Å². The van der Waals surface area contributed by atoms with Crippen LogP contribution in [0.3, 0.4) is 0 Å². The molecular weight excluding hydrogens is 789 g/mol. The van der Waals surface area contributed by atoms with E-state index in [0.717, 1.165) is 96.3 Å². The van der Waals surface area contributed by atoms with Crippen LogP contribution in [0.2, 0.25) is 0 Å². The van der Waals surface area contributed by atoms with Crippen LogP contribution in [0.15, 0.2) is 97.2 Å². The minimum atomic E-state index is -0.562. The average Bonchev–Trinajstić information content (AvgIpc) is 3.30. The Morgan fingerprint density at radius 3 is 1.20 bits per heavy atom. The average molecular weight is 889 g/mol. The Labute approximate surface area is 396 Å². The van der Waals surface area contributed by atoms with Crippen molar-refractivity contribution in [3.63, 3.8) is 0 Å². The summed E-state index contributed by atoms with van der Waals surface area (Å²) >= 11 is 0. The van der Waals surface area contributed by atoms with E-state index in [4.69, 9.17) is 14.2 Å². The molecule has 0 saturated carbocycles. The molecule has 0 aromatic carbocycles. The second-order valence-electron chi connectivity index (χ2n) is 17.4. The topological polar surface area (TPSA) is 61.8 Å². The first-order valence-corrected chi connectivity index (χ1v) is 26.8. The number of carbonyl (C=O) groups excluding carboxylic acids is 2. The molecule has 0 bridgehead atoms. The normalized spacial score (nSPS) is 13.0. The van der Waals surface area contributed by atoms with E-state index >= 15 is 0 Å². The highest BCUT2D eigenvalue weighted by Gasteiger charge is 2.17. The van der Waals surface area contributed by atoms with Gasteiger partial charge in [0.1, 0.15) is 6.61 Å². The fraction of sp³-hybridized carbons (Fsp3) is 0.695. The van der Waals surface area contributed by atoms with Crippen LogP contribution in [-0.2, 0) is 23.8 Å². The molecule has 0 aromatic rings. The molecule has 0 N–H and O–H groups in total. The second-order valence-corrected chi connectivity index (χ2v) is 17.4. The van der Waals surface area contributed by atoms with Gasteiger partial charge in [0.25, 0.3) is 0 Å². The fourth-order valence-electron chi connectivity index (χ4n) is 7.08. The van der Waals surface area contributed by atoms with E-state index in [9.17, 15) is 9.59 Å². The minimum Gasteiger partial charge on any atom is -0.462 e. The lowest BCUT2D eigenvalue weighted by Gasteiger charge is -2.18. The van der Waals surface area contributed by atoms with Crippen molar-refractivity contribution in [2.24, 2.45) is 0 Å². The van der Waals surface area contributed by atoms with Crippen LogP contribution >= 0.6 is 0 Å². The van der Waals surface area contributed by atoms with E-state index in [0.29, 0.717) is 19.4 Å². The maximum absolute atomic E-state index is 12.8. The Bertz CT molecular complexity index is 1230. The Kier molecular flexibility index (Phi) is 51.5. The Morgan fingerprint density at radius 1 is 0.359 bits per heavy atom. The number of hydrogen-bond acceptors (Lipinski definition) is 5. The third-order valence-corrected chi connectivity index (χ3v) is 11.1. The molecule has 5 heteroatoms. The first-order valence-electron chi connectivity index (χ1n) is 26.8. The van der Waals surface area contributed by atoms with Gasteiger partial charge in [0.2, 0.25) is 0 Å². The van der Waals surface area contributed by atoms with Gasteiger partial charge in [-0.05, 0) is 116 Å². The maximum atomic E-state index is 12.8. The van der Waals surface area contributed by atoms with Gasteiger partial charge < -0.3 is 14.2 Å². The molecule has 0 aliphatic heterocycles. The molecule has 0 amide bonds. The van der Waals surface area contributed by atoms with Crippen molar-refractivity contribution in [3.8, 4) is 0 Å². The number of esters is 2. The maximum Gasteiger partial charge on any atom is 0.306 e. The van der Waals surface area contributed by atoms with Gasteiger partial charge in [-0.25, -0.2) is 0 Å². The molecule has 0 spiro atoms. The summed E-state index contributed by atoms with van der Waals surface area (Å²) in [6.45, 7) is 7.60. The first kappa shape index (κ1) is 60.8. The predicted molar refractivity (Wildman–Crippen MR) is 279 cm³/mol. The van der Waals surface area contributed by atoms with Crippen molar-refractivity contribution in [1.82, 2.24) is 0 Å². The van der Waals surface area contributed by atoms with Gasteiger partial charge in [0.15, 0.2) is 6.10 Å². The highest BCUT2D eigenvalue weighted by Crippen LogP contribution is 2.13. The summed E-state index contributed by atoms with van der Waals surface area (Å²) in [6, 6.07) is 0. The molecule has 0 aliphatic rings. The molecule has 0 rings (SSSR count). The fourth-order valence-corrected chi connectivity index (χ4v) is 7.08. The smallest absolute Gasteiger partial charge is 0.306 e. The quantitative estimate of drug-likeness (QED) is 0.0346. The monoisotopic (exact) mass is 889 g/mol. The van der Waals surface area contributed by atoms with Crippen LogP contribution in [-0.4, -0.2) is 37.9 Å². The molecule has 0 aromatic heterocycles. The molecule has 64 heavy (non-hydrogen) atoms. The summed E-state index contributed by atoms with van der Waals surface area (Å²) in [5.41, 5.74) is 0. The lowest BCUT2D eigenvalue weighted by atomic mass is 10.1. The Hall–Kier alpha value is -3.18. The molecule has 1 unspecified atom stereocenters. The summed E-state index contributed by atoms with van der Waals surface area (Å²) in [5.74, 6) is -0.448. The highest BCUT2D eigenvalue weighted by atomic mass is 16.6. The molecule has 0 aliphatic carbocycles. The van der Waals surface area contributed by atoms with Gasteiger partial charge in [-0.1, -0.05) is 208 Å². The first-order chi connectivity index (χ1) is 31.6. The number of unbranched alkanes of at least 4 members (excludes halogenated alkanes) is 21. The molecule has 1 atom stereocenters. The number of allylic oxidation sites excluding steroid dienone is 16. The lowest BCUT2D eigenvalue weighted by Crippen LogP contribution is -2.30. The minimum absolute atomic E-state index is 0.0580. The number of hydrogen-bond donors (Lipinski definition) is 0. The largest absolute Gasteiger partial charge is 0.462 e. The number of rotatable bonds is 48. The van der Waals surface area contributed by atoms with E-state index in [1.165, 1.54) is 109 Å². The van der Waals surface area contributed by atoms with Crippen LogP contribution in [0.4, 0.5) is 0 Å². The van der Waals surface area contributed by atoms with Gasteiger partial charge in [0, 0.05) is 19.4 Å². The lowest BCUT2D eigenvalue weighted by molar-refractivity contribution is -0.163. The van der Waals surface area contributed by atoms with Crippen LogP contribution in [0.1, 0.15) is 239 Å². The Balaban J connectivity index is 4.34. The van der Waals surface area contributed by atoms with Crippen LogP contribution in [0, 0.1) is 0 Å². The van der Waals surface area contributed by atoms with Crippen LogP contribution < -0.4 is 0 Å². The van der Waals surface area contributed by atoms with E-state index in [2.05, 4.69) is 118 Å². The van der Waals surface area contributed by atoms with Crippen molar-refractivity contribution < 1.29 is 23.8 Å². The van der Waals surface area contributed by atoms with E-state index < -0.39 is 6.10 Å². The zero-order valence-electron chi connectivity index (χ0n) is 42.0. The zero-order valence-corrected chi connectivity index (χ0v) is 42.0. The standard InChI is InChI=1S/C59H100O5/c1-4-7-10-13-16-19-22-25-27-29-30-32-33-35-37-40-43-46-49-52-58(60)63-56-57(55-62-54-51-48-45-42-39-24-21-18-15-12-9-6-3)64-59(61)53-50-47-44-41-38-36-34-31-28-26-23-20-17-14-11-8-5-2/h7,10,15-20,25-28,30,32,35,37,57H,4-6,8-9,11-14,21-24,29,31,33-34,36,38-56H2,1-3H3/b10-7-,18-15-,19-16-,20-17-,27-25-,28-26-,32-30-,37-35-.